The van der Waals surface area contributed by atoms with Gasteiger partial charge in [-0.05, 0) is 12.8 Å². The van der Waals surface area contributed by atoms with Crippen LogP contribution >= 0.6 is 0 Å². The molecule has 0 spiro atoms. The van der Waals surface area contributed by atoms with E-state index in [1.54, 1.807) is 0 Å². The van der Waals surface area contributed by atoms with Gasteiger partial charge in [-0.2, -0.15) is 8.42 Å². The summed E-state index contributed by atoms with van der Waals surface area (Å²) in [5.74, 6) is -0.399. The van der Waals surface area contributed by atoms with Crippen LogP contribution in [0.5, 0.6) is 0 Å². The largest absolute Gasteiger partial charge is 0.457 e. The second kappa shape index (κ2) is 29.7. The van der Waals surface area contributed by atoms with Gasteiger partial charge in [0.2, 0.25) is 0 Å². The quantitative estimate of drug-likeness (QED) is 0.0325. The van der Waals surface area contributed by atoms with Crippen molar-refractivity contribution in [3.63, 3.8) is 0 Å². The minimum absolute atomic E-state index is 0.0419. The zero-order valence-corrected chi connectivity index (χ0v) is 31.3. The van der Waals surface area contributed by atoms with Gasteiger partial charge in [-0.15, -0.1) is 0 Å². The first kappa shape index (κ1) is 46.1. The van der Waals surface area contributed by atoms with Gasteiger partial charge in [-0.3, -0.25) is 9.35 Å². The summed E-state index contributed by atoms with van der Waals surface area (Å²) in [4.78, 5) is 12.7. The number of carbonyl (C=O) groups is 1. The highest BCUT2D eigenvalue weighted by atomic mass is 32.3. The van der Waals surface area contributed by atoms with Crippen molar-refractivity contribution in [1.82, 2.24) is 0 Å². The first-order chi connectivity index (χ1) is 23.6. The van der Waals surface area contributed by atoms with Gasteiger partial charge < -0.3 is 34.3 Å². The van der Waals surface area contributed by atoms with Gasteiger partial charge >= 0.3 is 16.4 Å². The average Bonchev–Trinajstić information content (AvgIpc) is 3.06. The van der Waals surface area contributed by atoms with Crippen LogP contribution in [0.15, 0.2) is 0 Å². The first-order valence-corrected chi connectivity index (χ1v) is 20.7. The molecule has 292 valence electrons. The number of ether oxygens (including phenoxy) is 4. The lowest BCUT2D eigenvalue weighted by molar-refractivity contribution is -0.301. The van der Waals surface area contributed by atoms with E-state index in [2.05, 4.69) is 18.0 Å². The summed E-state index contributed by atoms with van der Waals surface area (Å²) in [6.07, 6.45) is 17.3. The number of hydrogen-bond acceptors (Lipinski definition) is 11. The summed E-state index contributed by atoms with van der Waals surface area (Å²) in [7, 11) is -5.05. The van der Waals surface area contributed by atoms with Crippen molar-refractivity contribution >= 4 is 16.4 Å². The minimum Gasteiger partial charge on any atom is -0.457 e. The Balaban J connectivity index is 2.45. The van der Waals surface area contributed by atoms with Crippen molar-refractivity contribution in [2.24, 2.45) is 0 Å². The fraction of sp³-hybridized carbons (Fsp3) is 0.972. The van der Waals surface area contributed by atoms with E-state index in [9.17, 15) is 28.5 Å². The van der Waals surface area contributed by atoms with E-state index < -0.39 is 59.8 Å². The second-order valence-corrected chi connectivity index (χ2v) is 14.6. The minimum atomic E-state index is -5.05. The number of aliphatic hydroxyl groups is 3. The van der Waals surface area contributed by atoms with Crippen LogP contribution in [0.4, 0.5) is 0 Å². The van der Waals surface area contributed by atoms with E-state index in [4.69, 9.17) is 23.5 Å². The van der Waals surface area contributed by atoms with Gasteiger partial charge in [0.05, 0.1) is 19.8 Å². The van der Waals surface area contributed by atoms with Crippen molar-refractivity contribution in [2.45, 2.75) is 198 Å². The Morgan fingerprint density at radius 2 is 1.16 bits per heavy atom. The Labute approximate surface area is 296 Å². The summed E-state index contributed by atoms with van der Waals surface area (Å²) >= 11 is 0. The van der Waals surface area contributed by atoms with Crippen LogP contribution in [0, 0.1) is 0 Å². The summed E-state index contributed by atoms with van der Waals surface area (Å²) in [5, 5.41) is 30.4. The number of unbranched alkanes of at least 4 members (excludes halogenated alkanes) is 20. The molecule has 1 aliphatic rings. The molecule has 0 aliphatic carbocycles. The Morgan fingerprint density at radius 1 is 0.694 bits per heavy atom. The SMILES string of the molecule is CCCCCCCCCCCCCCCCCC(=O)OC(COCCCCCCCCC)COC1OC(CO)C(O)C(OS(=O)(=O)O)C1O. The molecule has 0 aromatic rings. The predicted molar refractivity (Wildman–Crippen MR) is 188 cm³/mol. The molecule has 49 heavy (non-hydrogen) atoms. The van der Waals surface area contributed by atoms with Gasteiger partial charge in [0.25, 0.3) is 0 Å². The van der Waals surface area contributed by atoms with Crippen LogP contribution in [-0.4, -0.2) is 97.5 Å². The molecule has 1 aliphatic heterocycles. The molecule has 0 aromatic heterocycles. The molecule has 1 saturated heterocycles. The Kier molecular flexibility index (Phi) is 27.9. The molecule has 1 rings (SSSR count). The maximum atomic E-state index is 12.7. The molecule has 0 saturated carbocycles. The zero-order valence-electron chi connectivity index (χ0n) is 30.5. The molecule has 1 fully saturated rings. The van der Waals surface area contributed by atoms with Crippen molar-refractivity contribution in [1.29, 1.82) is 0 Å². The maximum Gasteiger partial charge on any atom is 0.397 e. The molecule has 0 aromatic carbocycles. The van der Waals surface area contributed by atoms with Gasteiger partial charge in [0.1, 0.15) is 30.5 Å². The molecule has 13 heteroatoms. The number of aliphatic hydroxyl groups excluding tert-OH is 3. The predicted octanol–water partition coefficient (Wildman–Crippen LogP) is 6.57. The lowest BCUT2D eigenvalue weighted by atomic mass is 9.99. The summed E-state index contributed by atoms with van der Waals surface area (Å²) < 4.78 is 58.6. The normalized spacial score (nSPS) is 22.0. The Bertz CT molecular complexity index is 889. The van der Waals surface area contributed by atoms with Gasteiger partial charge in [0, 0.05) is 13.0 Å². The summed E-state index contributed by atoms with van der Waals surface area (Å²) in [5.41, 5.74) is 0. The van der Waals surface area contributed by atoms with Crippen molar-refractivity contribution < 1.29 is 56.2 Å². The number of rotatable bonds is 33. The van der Waals surface area contributed by atoms with Gasteiger partial charge in [0.15, 0.2) is 6.29 Å². The van der Waals surface area contributed by atoms with Crippen LogP contribution in [0.2, 0.25) is 0 Å². The third-order valence-electron chi connectivity index (χ3n) is 8.98. The standard InChI is InChI=1S/C36H70O12S/c1-3-5-7-9-11-12-13-14-15-16-17-18-19-21-23-25-32(38)46-30(28-44-26-24-22-20-10-8-6-4-2)29-45-36-34(40)35(48-49(41,42)43)33(39)31(27-37)47-36/h30-31,33-37,39-40H,3-29H2,1-2H3,(H,41,42,43). The van der Waals surface area contributed by atoms with Gasteiger partial charge in [-0.1, -0.05) is 142 Å². The van der Waals surface area contributed by atoms with Crippen LogP contribution in [-0.2, 0) is 38.3 Å². The fourth-order valence-electron chi connectivity index (χ4n) is 6.02. The molecular weight excluding hydrogens is 656 g/mol. The average molecular weight is 727 g/mol. The number of hydrogen-bond donors (Lipinski definition) is 4. The number of carbonyl (C=O) groups excluding carboxylic acids is 1. The second-order valence-electron chi connectivity index (χ2n) is 13.5. The fourth-order valence-corrected chi connectivity index (χ4v) is 6.53. The monoisotopic (exact) mass is 726 g/mol. The lowest BCUT2D eigenvalue weighted by Crippen LogP contribution is -2.60. The lowest BCUT2D eigenvalue weighted by Gasteiger charge is -2.41. The molecule has 12 nitrogen and oxygen atoms in total. The maximum absolute atomic E-state index is 12.7. The van der Waals surface area contributed by atoms with Crippen molar-refractivity contribution in [2.75, 3.05) is 26.4 Å². The summed E-state index contributed by atoms with van der Waals surface area (Å²) in [6, 6.07) is 0. The zero-order chi connectivity index (χ0) is 36.2. The highest BCUT2D eigenvalue weighted by Gasteiger charge is 2.48. The molecule has 1 heterocycles. The molecule has 0 radical (unpaired) electrons. The van der Waals surface area contributed by atoms with Crippen LogP contribution in [0.1, 0.15) is 162 Å². The smallest absolute Gasteiger partial charge is 0.397 e. The number of esters is 1. The molecule has 6 atom stereocenters. The summed E-state index contributed by atoms with van der Waals surface area (Å²) in [6.45, 7) is 3.95. The third kappa shape index (κ3) is 24.1. The van der Waals surface area contributed by atoms with E-state index in [0.29, 0.717) is 13.0 Å². The van der Waals surface area contributed by atoms with Crippen LogP contribution < -0.4 is 0 Å². The van der Waals surface area contributed by atoms with Crippen molar-refractivity contribution in [3.05, 3.63) is 0 Å². The van der Waals surface area contributed by atoms with Crippen LogP contribution in [0.25, 0.3) is 0 Å². The van der Waals surface area contributed by atoms with E-state index >= 15 is 0 Å². The van der Waals surface area contributed by atoms with E-state index in [1.165, 1.54) is 96.3 Å². The van der Waals surface area contributed by atoms with Gasteiger partial charge in [-0.25, -0.2) is 4.18 Å². The van der Waals surface area contributed by atoms with E-state index in [1.807, 2.05) is 0 Å². The first-order valence-electron chi connectivity index (χ1n) is 19.3. The molecule has 0 bridgehead atoms. The Hall–Kier alpha value is -0.900. The highest BCUT2D eigenvalue weighted by molar-refractivity contribution is 7.80. The molecular formula is C36H70O12S. The highest BCUT2D eigenvalue weighted by Crippen LogP contribution is 2.26. The van der Waals surface area contributed by atoms with Crippen LogP contribution in [0.3, 0.4) is 0 Å². The van der Waals surface area contributed by atoms with Crippen molar-refractivity contribution in [3.8, 4) is 0 Å². The Morgan fingerprint density at radius 3 is 1.63 bits per heavy atom. The third-order valence-corrected chi connectivity index (χ3v) is 9.44. The molecule has 4 N–H and O–H groups in total. The molecule has 0 amide bonds. The van der Waals surface area contributed by atoms with E-state index in [0.717, 1.165) is 38.5 Å². The topological polar surface area (TPSA) is 178 Å². The molecule has 6 unspecified atom stereocenters. The van der Waals surface area contributed by atoms with E-state index in [-0.39, 0.29) is 19.6 Å².